The lowest BCUT2D eigenvalue weighted by Gasteiger charge is -2.30. The second-order valence-corrected chi connectivity index (χ2v) is 9.19. The van der Waals surface area contributed by atoms with Crippen LogP contribution in [-0.4, -0.2) is 42.2 Å². The summed E-state index contributed by atoms with van der Waals surface area (Å²) in [6, 6.07) is 27.2. The van der Waals surface area contributed by atoms with Gasteiger partial charge >= 0.3 is 5.97 Å². The predicted octanol–water partition coefficient (Wildman–Crippen LogP) is 5.86. The van der Waals surface area contributed by atoms with Gasteiger partial charge in [-0.3, -0.25) is 4.79 Å². The highest BCUT2D eigenvalue weighted by atomic mass is 16.5. The Morgan fingerprint density at radius 1 is 0.892 bits per heavy atom. The van der Waals surface area contributed by atoms with Crippen LogP contribution in [0.4, 0.5) is 0 Å². The van der Waals surface area contributed by atoms with Gasteiger partial charge in [0, 0.05) is 25.7 Å². The van der Waals surface area contributed by atoms with Crippen molar-refractivity contribution in [2.75, 3.05) is 26.2 Å². The number of carboxylic acid groups (broad SMARTS) is 1. The lowest BCUT2D eigenvalue weighted by Crippen LogP contribution is -2.32. The highest BCUT2D eigenvalue weighted by Crippen LogP contribution is 2.32. The number of carbonyl (C=O) groups is 1. The van der Waals surface area contributed by atoms with Crippen LogP contribution in [0.1, 0.15) is 40.9 Å². The van der Waals surface area contributed by atoms with Crippen LogP contribution in [0.15, 0.2) is 99.7 Å². The monoisotopic (exact) mass is 495 g/mol. The molecule has 1 aliphatic heterocycles. The number of ether oxygens (including phenoxy) is 1. The summed E-state index contributed by atoms with van der Waals surface area (Å²) in [4.78, 5) is 25.8. The number of rotatable bonds is 8. The molecule has 1 aromatic heterocycles. The summed E-state index contributed by atoms with van der Waals surface area (Å²) in [5.74, 6) is -1.07. The Bertz CT molecular complexity index is 1420. The SMILES string of the molecule is O=C(O)c1cc(=O)c2cc(OCCCN3CCC(=C(c4ccccc4)c4ccccc4)CC3)ccc2o1. The lowest BCUT2D eigenvalue weighted by atomic mass is 9.88. The van der Waals surface area contributed by atoms with Gasteiger partial charge in [-0.05, 0) is 54.2 Å². The molecule has 1 N–H and O–H groups in total. The number of hydrogen-bond acceptors (Lipinski definition) is 5. The third-order valence-electron chi connectivity index (χ3n) is 6.73. The van der Waals surface area contributed by atoms with Crippen LogP contribution < -0.4 is 10.2 Å². The van der Waals surface area contributed by atoms with E-state index in [0.717, 1.165) is 45.0 Å². The molecule has 0 amide bonds. The van der Waals surface area contributed by atoms with E-state index in [1.807, 2.05) is 0 Å². The predicted molar refractivity (Wildman–Crippen MR) is 144 cm³/mol. The summed E-state index contributed by atoms with van der Waals surface area (Å²) in [5.41, 5.74) is 5.25. The first kappa shape index (κ1) is 24.5. The van der Waals surface area contributed by atoms with Crippen LogP contribution in [0.25, 0.3) is 16.5 Å². The fourth-order valence-electron chi connectivity index (χ4n) is 4.89. The molecule has 0 radical (unpaired) electrons. The number of likely N-dealkylation sites (tertiary alicyclic amines) is 1. The maximum absolute atomic E-state index is 12.3. The van der Waals surface area contributed by atoms with Gasteiger partial charge in [-0.2, -0.15) is 0 Å². The number of hydrogen-bond donors (Lipinski definition) is 1. The van der Waals surface area contributed by atoms with Crippen LogP contribution in [0.2, 0.25) is 0 Å². The Morgan fingerprint density at radius 2 is 1.54 bits per heavy atom. The van der Waals surface area contributed by atoms with Crippen LogP contribution in [0, 0.1) is 0 Å². The van der Waals surface area contributed by atoms with Crippen molar-refractivity contribution >= 4 is 22.5 Å². The van der Waals surface area contributed by atoms with E-state index in [2.05, 4.69) is 65.6 Å². The smallest absolute Gasteiger partial charge is 0.371 e. The summed E-state index contributed by atoms with van der Waals surface area (Å²) < 4.78 is 11.2. The fraction of sp³-hybridized carbons (Fsp3) is 0.226. The van der Waals surface area contributed by atoms with Gasteiger partial charge in [0.05, 0.1) is 12.0 Å². The zero-order valence-electron chi connectivity index (χ0n) is 20.6. The van der Waals surface area contributed by atoms with Crippen LogP contribution in [0.5, 0.6) is 5.75 Å². The second kappa shape index (κ2) is 11.3. The van der Waals surface area contributed by atoms with E-state index in [1.165, 1.54) is 22.3 Å². The third kappa shape index (κ3) is 5.81. The molecule has 0 aliphatic carbocycles. The molecule has 6 nitrogen and oxygen atoms in total. The second-order valence-electron chi connectivity index (χ2n) is 9.19. The third-order valence-corrected chi connectivity index (χ3v) is 6.73. The van der Waals surface area contributed by atoms with Crippen molar-refractivity contribution in [3.63, 3.8) is 0 Å². The molecule has 0 saturated carbocycles. The zero-order valence-corrected chi connectivity index (χ0v) is 20.6. The first-order valence-corrected chi connectivity index (χ1v) is 12.6. The van der Waals surface area contributed by atoms with Gasteiger partial charge in [0.1, 0.15) is 11.3 Å². The highest BCUT2D eigenvalue weighted by molar-refractivity contribution is 5.87. The molecular formula is C31H29NO5. The zero-order chi connectivity index (χ0) is 25.6. The first-order valence-electron chi connectivity index (χ1n) is 12.6. The van der Waals surface area contributed by atoms with Gasteiger partial charge in [0.25, 0.3) is 0 Å². The molecule has 1 fully saturated rings. The Labute approximate surface area is 215 Å². The molecule has 5 rings (SSSR count). The van der Waals surface area contributed by atoms with Crippen molar-refractivity contribution in [1.82, 2.24) is 4.90 Å². The van der Waals surface area contributed by atoms with Crippen LogP contribution in [0.3, 0.4) is 0 Å². The normalized spacial score (nSPS) is 14.0. The van der Waals surface area contributed by atoms with E-state index in [0.29, 0.717) is 17.7 Å². The molecule has 0 atom stereocenters. The summed E-state index contributed by atoms with van der Waals surface area (Å²) in [5, 5.41) is 9.37. The Hall–Kier alpha value is -4.16. The van der Waals surface area contributed by atoms with E-state index >= 15 is 0 Å². The standard InChI is InChI=1S/C31H29NO5/c33-27-21-29(31(34)35)37-28-13-12-25(20-26(27)28)36-19-7-16-32-17-14-24(15-18-32)30(22-8-3-1-4-9-22)23-10-5-2-6-11-23/h1-6,8-13,20-21H,7,14-19H2,(H,34,35). The van der Waals surface area contributed by atoms with E-state index < -0.39 is 11.4 Å². The molecule has 3 aromatic carbocycles. The molecule has 0 spiro atoms. The topological polar surface area (TPSA) is 80.0 Å². The maximum atomic E-state index is 12.3. The van der Waals surface area contributed by atoms with E-state index in [4.69, 9.17) is 14.3 Å². The number of fused-ring (bicyclic) bond motifs is 1. The largest absolute Gasteiger partial charge is 0.494 e. The average molecular weight is 496 g/mol. The van der Waals surface area contributed by atoms with Crippen molar-refractivity contribution in [2.45, 2.75) is 19.3 Å². The van der Waals surface area contributed by atoms with Crippen molar-refractivity contribution in [2.24, 2.45) is 0 Å². The Balaban J connectivity index is 1.17. The summed E-state index contributed by atoms with van der Waals surface area (Å²) in [7, 11) is 0. The van der Waals surface area contributed by atoms with Crippen molar-refractivity contribution in [3.8, 4) is 5.75 Å². The van der Waals surface area contributed by atoms with Crippen LogP contribution in [-0.2, 0) is 0 Å². The van der Waals surface area contributed by atoms with Gasteiger partial charge in [-0.25, -0.2) is 4.79 Å². The molecule has 4 aromatic rings. The number of nitrogens with zero attached hydrogens (tertiary/aromatic N) is 1. The quantitative estimate of drug-likeness (QED) is 0.309. The number of carboxylic acids is 1. The number of benzene rings is 3. The van der Waals surface area contributed by atoms with Crippen molar-refractivity contribution in [1.29, 1.82) is 0 Å². The maximum Gasteiger partial charge on any atom is 0.371 e. The molecule has 1 aliphatic rings. The van der Waals surface area contributed by atoms with Gasteiger partial charge in [-0.1, -0.05) is 66.2 Å². The molecule has 2 heterocycles. The molecular weight excluding hydrogens is 466 g/mol. The van der Waals surface area contributed by atoms with Gasteiger partial charge < -0.3 is 19.2 Å². The fourth-order valence-corrected chi connectivity index (χ4v) is 4.89. The van der Waals surface area contributed by atoms with Gasteiger partial charge in [0.15, 0.2) is 5.43 Å². The first-order chi connectivity index (χ1) is 18.1. The van der Waals surface area contributed by atoms with E-state index in [1.54, 1.807) is 18.2 Å². The Kier molecular flexibility index (Phi) is 7.47. The highest BCUT2D eigenvalue weighted by Gasteiger charge is 2.19. The van der Waals surface area contributed by atoms with Crippen molar-refractivity contribution in [3.05, 3.63) is 118 Å². The summed E-state index contributed by atoms with van der Waals surface area (Å²) >= 11 is 0. The van der Waals surface area contributed by atoms with Gasteiger partial charge in [0.2, 0.25) is 5.76 Å². The minimum Gasteiger partial charge on any atom is -0.494 e. The van der Waals surface area contributed by atoms with Gasteiger partial charge in [-0.15, -0.1) is 0 Å². The number of piperidine rings is 1. The lowest BCUT2D eigenvalue weighted by molar-refractivity contribution is 0.0663. The molecule has 188 valence electrons. The number of aromatic carboxylic acids is 1. The summed E-state index contributed by atoms with van der Waals surface area (Å²) in [6.07, 6.45) is 2.95. The molecule has 1 saturated heterocycles. The minimum absolute atomic E-state index is 0.236. The molecule has 6 heteroatoms. The Morgan fingerprint density at radius 3 is 2.16 bits per heavy atom. The van der Waals surface area contributed by atoms with E-state index in [-0.39, 0.29) is 11.3 Å². The summed E-state index contributed by atoms with van der Waals surface area (Å²) in [6.45, 7) is 3.50. The average Bonchev–Trinajstić information content (AvgIpc) is 2.93. The van der Waals surface area contributed by atoms with Crippen molar-refractivity contribution < 1.29 is 19.1 Å². The molecule has 0 unspecified atom stereocenters. The molecule has 37 heavy (non-hydrogen) atoms. The van der Waals surface area contributed by atoms with Crippen LogP contribution >= 0.6 is 0 Å². The van der Waals surface area contributed by atoms with E-state index in [9.17, 15) is 9.59 Å². The minimum atomic E-state index is -1.27. The molecule has 0 bridgehead atoms.